The molecule has 234 valence electrons. The van der Waals surface area contributed by atoms with E-state index in [1.54, 1.807) is 13.3 Å². The highest BCUT2D eigenvalue weighted by Crippen LogP contribution is 2.37. The van der Waals surface area contributed by atoms with Gasteiger partial charge in [-0.25, -0.2) is 23.7 Å². The standard InChI is InChI=1S/C24H24N6O4S.C7H7F2N/c1-3-21(32)29-7-8-30-16(13-29)6-9-34-20-10-15(11-25-23(20)30)18-4-5-19(33-2)22(27-18)28-24-26-12-17(14-31)35-24;1-10-7-5(8)3-2-4-6(7)9/h3-5,10-12,14,16H,1,6-9,13H2,2H3,(H,26,27,28);2-4,10H,1H3. The van der Waals surface area contributed by atoms with Crippen molar-refractivity contribution in [1.82, 2.24) is 19.9 Å². The summed E-state index contributed by atoms with van der Waals surface area (Å²) >= 11 is 1.23. The van der Waals surface area contributed by atoms with Crippen LogP contribution in [-0.4, -0.2) is 78.5 Å². The quantitative estimate of drug-likeness (QED) is 0.208. The van der Waals surface area contributed by atoms with Gasteiger partial charge >= 0.3 is 0 Å². The van der Waals surface area contributed by atoms with Gasteiger partial charge in [0.1, 0.15) is 17.3 Å². The number of carbonyl (C=O) groups is 2. The third-order valence-electron chi connectivity index (χ3n) is 7.23. The Morgan fingerprint density at radius 3 is 2.64 bits per heavy atom. The number of rotatable bonds is 7. The average molecular weight is 636 g/mol. The lowest BCUT2D eigenvalue weighted by atomic mass is 10.1. The lowest BCUT2D eigenvalue weighted by Crippen LogP contribution is -2.54. The van der Waals surface area contributed by atoms with Crippen LogP contribution >= 0.6 is 11.3 Å². The highest BCUT2D eigenvalue weighted by atomic mass is 32.1. The molecule has 2 aliphatic heterocycles. The number of carbonyl (C=O) groups excluding carboxylic acids is 2. The number of nitrogens with zero attached hydrogens (tertiary/aromatic N) is 5. The minimum Gasteiger partial charge on any atom is -0.493 e. The number of hydrogen-bond donors (Lipinski definition) is 2. The van der Waals surface area contributed by atoms with Gasteiger partial charge in [-0.1, -0.05) is 24.0 Å². The monoisotopic (exact) mass is 635 g/mol. The van der Waals surface area contributed by atoms with E-state index in [0.717, 1.165) is 24.1 Å². The predicted molar refractivity (Wildman–Crippen MR) is 169 cm³/mol. The first-order chi connectivity index (χ1) is 21.8. The van der Waals surface area contributed by atoms with Gasteiger partial charge in [-0.3, -0.25) is 9.59 Å². The molecule has 14 heteroatoms. The molecule has 45 heavy (non-hydrogen) atoms. The van der Waals surface area contributed by atoms with E-state index in [1.807, 2.05) is 23.1 Å². The predicted octanol–water partition coefficient (Wildman–Crippen LogP) is 5.16. The van der Waals surface area contributed by atoms with Crippen LogP contribution in [0.4, 0.5) is 31.2 Å². The highest BCUT2D eigenvalue weighted by Gasteiger charge is 2.33. The normalized spacial score (nSPS) is 15.2. The number of nitrogens with one attached hydrogen (secondary N) is 2. The number of piperazine rings is 1. The van der Waals surface area contributed by atoms with E-state index in [2.05, 4.69) is 27.1 Å². The van der Waals surface area contributed by atoms with E-state index < -0.39 is 11.6 Å². The number of pyridine rings is 2. The van der Waals surface area contributed by atoms with Gasteiger partial charge < -0.3 is 29.9 Å². The van der Waals surface area contributed by atoms with Crippen molar-refractivity contribution in [3.63, 3.8) is 0 Å². The van der Waals surface area contributed by atoms with Gasteiger partial charge in [0.15, 0.2) is 34.6 Å². The third-order valence-corrected chi connectivity index (χ3v) is 8.07. The molecule has 0 saturated carbocycles. The summed E-state index contributed by atoms with van der Waals surface area (Å²) in [6.07, 6.45) is 6.19. The third kappa shape index (κ3) is 7.01. The number of fused-ring (bicyclic) bond motifs is 3. The molecule has 4 aromatic rings. The number of amides is 1. The van der Waals surface area contributed by atoms with Gasteiger partial charge in [0.2, 0.25) is 5.91 Å². The van der Waals surface area contributed by atoms with Gasteiger partial charge in [0, 0.05) is 44.9 Å². The van der Waals surface area contributed by atoms with E-state index in [1.165, 1.54) is 48.9 Å². The van der Waals surface area contributed by atoms with Gasteiger partial charge in [-0.15, -0.1) is 0 Å². The van der Waals surface area contributed by atoms with Crippen LogP contribution in [0.2, 0.25) is 0 Å². The van der Waals surface area contributed by atoms with E-state index in [4.69, 9.17) is 19.4 Å². The van der Waals surface area contributed by atoms with Gasteiger partial charge in [-0.2, -0.15) is 0 Å². The second kappa shape index (κ2) is 14.1. The van der Waals surface area contributed by atoms with Crippen LogP contribution in [0.1, 0.15) is 16.1 Å². The summed E-state index contributed by atoms with van der Waals surface area (Å²) < 4.78 is 36.6. The molecule has 3 aromatic heterocycles. The van der Waals surface area contributed by atoms with Crippen LogP contribution in [0, 0.1) is 11.6 Å². The van der Waals surface area contributed by atoms with Gasteiger partial charge in [-0.05, 0) is 36.4 Å². The van der Waals surface area contributed by atoms with Crippen molar-refractivity contribution in [2.75, 3.05) is 55.9 Å². The summed E-state index contributed by atoms with van der Waals surface area (Å²) in [4.78, 5) is 41.3. The minimum absolute atomic E-state index is 0.0477. The number of thiazole rings is 1. The Kier molecular flexibility index (Phi) is 9.82. The molecule has 0 spiro atoms. The van der Waals surface area contributed by atoms with Crippen LogP contribution in [0.15, 0.2) is 61.4 Å². The molecular formula is C31H31F2N7O4S. The van der Waals surface area contributed by atoms with Gasteiger partial charge in [0.05, 0.1) is 36.5 Å². The highest BCUT2D eigenvalue weighted by molar-refractivity contribution is 7.17. The molecule has 1 fully saturated rings. The summed E-state index contributed by atoms with van der Waals surface area (Å²) in [5, 5.41) is 6.08. The summed E-state index contributed by atoms with van der Waals surface area (Å²) in [5.74, 6) is 1.31. The molecule has 1 unspecified atom stereocenters. The first-order valence-corrected chi connectivity index (χ1v) is 14.8. The van der Waals surface area contributed by atoms with E-state index in [0.29, 0.717) is 59.3 Å². The summed E-state index contributed by atoms with van der Waals surface area (Å²) in [6, 6.07) is 9.48. The summed E-state index contributed by atoms with van der Waals surface area (Å²) in [5.41, 5.74) is 1.39. The Bertz CT molecular complexity index is 1680. The van der Waals surface area contributed by atoms with Crippen molar-refractivity contribution in [2.24, 2.45) is 0 Å². The zero-order valence-electron chi connectivity index (χ0n) is 24.6. The Hall–Kier alpha value is -5.11. The molecule has 1 aromatic carbocycles. The zero-order chi connectivity index (χ0) is 31.9. The molecule has 0 radical (unpaired) electrons. The SMILES string of the molecule is C=CC(=O)N1CCN2c3ncc(-c4ccc(OC)c(Nc5ncc(C=O)s5)n4)cc3OCCC2C1.CNc1c(F)cccc1F. The second-order valence-corrected chi connectivity index (χ2v) is 11.0. The second-order valence-electron chi connectivity index (χ2n) is 9.92. The zero-order valence-corrected chi connectivity index (χ0v) is 25.4. The van der Waals surface area contributed by atoms with Crippen LogP contribution in [0.5, 0.6) is 11.5 Å². The fourth-order valence-electron chi connectivity index (χ4n) is 5.01. The molecule has 11 nitrogen and oxygen atoms in total. The number of ether oxygens (including phenoxy) is 2. The number of methoxy groups -OCH3 is 1. The molecule has 1 atom stereocenters. The molecular weight excluding hydrogens is 604 g/mol. The average Bonchev–Trinajstić information content (AvgIpc) is 3.44. The van der Waals surface area contributed by atoms with Crippen LogP contribution in [0.25, 0.3) is 11.3 Å². The van der Waals surface area contributed by atoms with Crippen LogP contribution in [0.3, 0.4) is 0 Å². The Morgan fingerprint density at radius 1 is 1.18 bits per heavy atom. The first kappa shape index (κ1) is 31.3. The van der Waals surface area contributed by atoms with Crippen molar-refractivity contribution in [2.45, 2.75) is 12.5 Å². The Labute approximate surface area is 262 Å². The van der Waals surface area contributed by atoms with E-state index >= 15 is 0 Å². The van der Waals surface area contributed by atoms with E-state index in [-0.39, 0.29) is 17.6 Å². The molecule has 5 heterocycles. The Balaban J connectivity index is 0.000000342. The Morgan fingerprint density at radius 2 is 1.98 bits per heavy atom. The maximum Gasteiger partial charge on any atom is 0.246 e. The fraction of sp³-hybridized carbons (Fsp3) is 0.258. The maximum absolute atomic E-state index is 12.5. The van der Waals surface area contributed by atoms with Gasteiger partial charge in [0.25, 0.3) is 0 Å². The van der Waals surface area contributed by atoms with E-state index in [9.17, 15) is 18.4 Å². The molecule has 6 rings (SSSR count). The van der Waals surface area contributed by atoms with Crippen molar-refractivity contribution >= 4 is 46.0 Å². The number of hydrogen-bond acceptors (Lipinski definition) is 11. The summed E-state index contributed by atoms with van der Waals surface area (Å²) in [6.45, 7) is 6.04. The number of para-hydroxylation sites is 1. The number of benzene rings is 1. The lowest BCUT2D eigenvalue weighted by Gasteiger charge is -2.40. The van der Waals surface area contributed by atoms with Crippen molar-refractivity contribution in [3.8, 4) is 22.8 Å². The molecule has 1 saturated heterocycles. The molecule has 1 amide bonds. The van der Waals surface area contributed by atoms with Crippen molar-refractivity contribution < 1.29 is 27.8 Å². The summed E-state index contributed by atoms with van der Waals surface area (Å²) in [7, 11) is 3.04. The molecule has 0 aliphatic carbocycles. The van der Waals surface area contributed by atoms with Crippen LogP contribution < -0.4 is 25.0 Å². The largest absolute Gasteiger partial charge is 0.493 e. The first-order valence-electron chi connectivity index (χ1n) is 14.0. The smallest absolute Gasteiger partial charge is 0.246 e. The molecule has 2 N–H and O–H groups in total. The topological polar surface area (TPSA) is 122 Å². The molecule has 0 bridgehead atoms. The lowest BCUT2D eigenvalue weighted by molar-refractivity contribution is -0.126. The van der Waals surface area contributed by atoms with Crippen molar-refractivity contribution in [3.05, 3.63) is 78.0 Å². The number of aldehydes is 1. The minimum atomic E-state index is -0.567. The van der Waals surface area contributed by atoms with Crippen LogP contribution in [-0.2, 0) is 4.79 Å². The fourth-order valence-corrected chi connectivity index (χ4v) is 5.64. The number of anilines is 4. The maximum atomic E-state index is 12.5. The van der Waals surface area contributed by atoms with Crippen molar-refractivity contribution in [1.29, 1.82) is 0 Å². The number of aromatic nitrogens is 3. The number of halogens is 2. The molecule has 2 aliphatic rings.